The van der Waals surface area contributed by atoms with Crippen LogP contribution in [0.4, 0.5) is 13.2 Å². The van der Waals surface area contributed by atoms with Crippen molar-refractivity contribution in [1.29, 1.82) is 0 Å². The first-order valence-electron chi connectivity index (χ1n) is 8.05. The average Bonchev–Trinajstić information content (AvgIpc) is 3.07. The van der Waals surface area contributed by atoms with E-state index in [-0.39, 0.29) is 17.0 Å². The number of carbonyl (C=O) groups excluding carboxylic acids is 1. The van der Waals surface area contributed by atoms with E-state index in [1.54, 1.807) is 4.90 Å². The van der Waals surface area contributed by atoms with Crippen LogP contribution in [-0.4, -0.2) is 33.7 Å². The Morgan fingerprint density at radius 1 is 1.24 bits per heavy atom. The molecule has 1 atom stereocenters. The summed E-state index contributed by atoms with van der Waals surface area (Å²) in [6.45, 7) is 5.10. The lowest BCUT2D eigenvalue weighted by Crippen LogP contribution is -2.31. The first kappa shape index (κ1) is 17.5. The molecule has 0 spiro atoms. The normalized spacial score (nSPS) is 20.1. The lowest BCUT2D eigenvalue weighted by Gasteiger charge is -2.25. The van der Waals surface area contributed by atoms with Gasteiger partial charge in [0.1, 0.15) is 5.69 Å². The Morgan fingerprint density at radius 2 is 1.88 bits per heavy atom. The molecule has 0 bridgehead atoms. The Hall–Kier alpha value is -2.31. The predicted octanol–water partition coefficient (Wildman–Crippen LogP) is 3.70. The molecule has 0 radical (unpaired) electrons. The Balaban J connectivity index is 1.86. The highest BCUT2D eigenvalue weighted by Gasteiger charge is 2.43. The van der Waals surface area contributed by atoms with Gasteiger partial charge in [-0.1, -0.05) is 44.2 Å². The van der Waals surface area contributed by atoms with E-state index in [9.17, 15) is 18.0 Å². The number of likely N-dealkylation sites (tertiary alicyclic amines) is 1. The minimum absolute atomic E-state index is 0.0446. The van der Waals surface area contributed by atoms with Crippen LogP contribution in [0.15, 0.2) is 36.4 Å². The molecule has 1 amide bonds. The number of amides is 1. The Labute approximate surface area is 144 Å². The van der Waals surface area contributed by atoms with Crippen molar-refractivity contribution in [3.8, 4) is 0 Å². The molecule has 0 aliphatic carbocycles. The van der Waals surface area contributed by atoms with E-state index >= 15 is 0 Å². The van der Waals surface area contributed by atoms with Gasteiger partial charge in [-0.3, -0.25) is 9.48 Å². The smallest absolute Gasteiger partial charge is 0.336 e. The highest BCUT2D eigenvalue weighted by atomic mass is 19.4. The van der Waals surface area contributed by atoms with Gasteiger partial charge in [-0.05, 0) is 11.0 Å². The first-order chi connectivity index (χ1) is 11.6. The zero-order valence-corrected chi connectivity index (χ0v) is 14.3. The molecule has 1 fully saturated rings. The third kappa shape index (κ3) is 3.27. The summed E-state index contributed by atoms with van der Waals surface area (Å²) in [5.41, 5.74) is -0.125. The maximum absolute atomic E-state index is 12.8. The predicted molar refractivity (Wildman–Crippen MR) is 87.1 cm³/mol. The van der Waals surface area contributed by atoms with E-state index in [0.29, 0.717) is 13.1 Å². The van der Waals surface area contributed by atoms with E-state index in [1.165, 1.54) is 7.05 Å². The highest BCUT2D eigenvalue weighted by Crippen LogP contribution is 2.42. The van der Waals surface area contributed by atoms with Crippen molar-refractivity contribution in [1.82, 2.24) is 14.7 Å². The molecule has 1 aromatic carbocycles. The van der Waals surface area contributed by atoms with Crippen molar-refractivity contribution in [3.63, 3.8) is 0 Å². The number of benzene rings is 1. The molecule has 0 N–H and O–H groups in total. The molecular formula is C18H20F3N3O. The van der Waals surface area contributed by atoms with E-state index < -0.39 is 17.8 Å². The summed E-state index contributed by atoms with van der Waals surface area (Å²) in [5, 5.41) is 3.43. The summed E-state index contributed by atoms with van der Waals surface area (Å²) in [4.78, 5) is 14.4. The molecule has 1 aliphatic rings. The number of halogens is 3. The maximum atomic E-state index is 12.8. The number of hydrogen-bond acceptors (Lipinski definition) is 2. The molecule has 1 aromatic heterocycles. The van der Waals surface area contributed by atoms with Crippen LogP contribution in [0.5, 0.6) is 0 Å². The van der Waals surface area contributed by atoms with Crippen LogP contribution < -0.4 is 0 Å². The molecule has 3 rings (SSSR count). The quantitative estimate of drug-likeness (QED) is 0.827. The zero-order chi connectivity index (χ0) is 18.4. The summed E-state index contributed by atoms with van der Waals surface area (Å²) >= 11 is 0. The van der Waals surface area contributed by atoms with Crippen LogP contribution in [-0.2, 0) is 13.2 Å². The van der Waals surface area contributed by atoms with Gasteiger partial charge in [-0.15, -0.1) is 0 Å². The van der Waals surface area contributed by atoms with E-state index in [2.05, 4.69) is 18.9 Å². The number of nitrogens with zero attached hydrogens (tertiary/aromatic N) is 3. The second kappa shape index (κ2) is 5.89. The van der Waals surface area contributed by atoms with Crippen molar-refractivity contribution in [2.24, 2.45) is 12.5 Å². The third-order valence-electron chi connectivity index (χ3n) is 4.82. The fourth-order valence-corrected chi connectivity index (χ4v) is 3.50. The van der Waals surface area contributed by atoms with Gasteiger partial charge in [0.05, 0.1) is 0 Å². The van der Waals surface area contributed by atoms with Gasteiger partial charge < -0.3 is 4.90 Å². The first-order valence-corrected chi connectivity index (χ1v) is 8.05. The molecule has 0 unspecified atom stereocenters. The molecule has 2 aromatic rings. The van der Waals surface area contributed by atoms with Gasteiger partial charge in [0.25, 0.3) is 5.91 Å². The maximum Gasteiger partial charge on any atom is 0.435 e. The second-order valence-corrected chi connectivity index (χ2v) is 7.17. The number of aryl methyl sites for hydroxylation is 1. The largest absolute Gasteiger partial charge is 0.435 e. The van der Waals surface area contributed by atoms with Crippen LogP contribution in [0.25, 0.3) is 0 Å². The number of hydrogen-bond donors (Lipinski definition) is 0. The van der Waals surface area contributed by atoms with Crippen LogP contribution in [0.1, 0.15) is 41.5 Å². The third-order valence-corrected chi connectivity index (χ3v) is 4.82. The van der Waals surface area contributed by atoms with Gasteiger partial charge in [0.2, 0.25) is 0 Å². The Bertz CT molecular complexity index is 781. The van der Waals surface area contributed by atoms with Crippen molar-refractivity contribution >= 4 is 5.91 Å². The highest BCUT2D eigenvalue weighted by molar-refractivity contribution is 5.93. The van der Waals surface area contributed by atoms with Gasteiger partial charge in [0.15, 0.2) is 5.69 Å². The second-order valence-electron chi connectivity index (χ2n) is 7.17. The fourth-order valence-electron chi connectivity index (χ4n) is 3.50. The van der Waals surface area contributed by atoms with E-state index in [4.69, 9.17) is 0 Å². The summed E-state index contributed by atoms with van der Waals surface area (Å²) < 4.78 is 39.5. The summed E-state index contributed by atoms with van der Waals surface area (Å²) in [6, 6.07) is 10.7. The summed E-state index contributed by atoms with van der Waals surface area (Å²) in [7, 11) is 1.36. The number of rotatable bonds is 2. The molecule has 7 heteroatoms. The lowest BCUT2D eigenvalue weighted by molar-refractivity contribution is -0.141. The molecule has 0 saturated carbocycles. The minimum atomic E-state index is -4.56. The Morgan fingerprint density at radius 3 is 2.44 bits per heavy atom. The van der Waals surface area contributed by atoms with Gasteiger partial charge >= 0.3 is 6.18 Å². The Kier molecular flexibility index (Phi) is 4.13. The lowest BCUT2D eigenvalue weighted by atomic mass is 9.78. The molecular weight excluding hydrogens is 331 g/mol. The fraction of sp³-hybridized carbons (Fsp3) is 0.444. The zero-order valence-electron chi connectivity index (χ0n) is 14.3. The van der Waals surface area contributed by atoms with Crippen molar-refractivity contribution in [2.45, 2.75) is 25.9 Å². The van der Waals surface area contributed by atoms with E-state index in [0.717, 1.165) is 16.3 Å². The van der Waals surface area contributed by atoms with Crippen molar-refractivity contribution < 1.29 is 18.0 Å². The standard InChI is InChI=1S/C18H20F3N3O/c1-17(2)11-24(10-13(17)12-7-5-4-6-8-12)16(25)14-9-15(18(19,20)21)22-23(14)3/h4-9,13H,10-11H2,1-3H3/t13-/m0/s1. The van der Waals surface area contributed by atoms with Gasteiger partial charge in [-0.2, -0.15) is 18.3 Å². The monoisotopic (exact) mass is 351 g/mol. The summed E-state index contributed by atoms with van der Waals surface area (Å²) in [5.74, 6) is -0.287. The van der Waals surface area contributed by atoms with Crippen molar-refractivity contribution in [2.75, 3.05) is 13.1 Å². The van der Waals surface area contributed by atoms with Crippen molar-refractivity contribution in [3.05, 3.63) is 53.3 Å². The van der Waals surface area contributed by atoms with Crippen LogP contribution >= 0.6 is 0 Å². The number of aromatic nitrogens is 2. The molecule has 4 nitrogen and oxygen atoms in total. The average molecular weight is 351 g/mol. The van der Waals surface area contributed by atoms with Gasteiger partial charge in [0, 0.05) is 32.1 Å². The van der Waals surface area contributed by atoms with Crippen LogP contribution in [0.3, 0.4) is 0 Å². The van der Waals surface area contributed by atoms with Crippen LogP contribution in [0, 0.1) is 5.41 Å². The topological polar surface area (TPSA) is 38.1 Å². The molecule has 2 heterocycles. The van der Waals surface area contributed by atoms with Crippen LogP contribution in [0.2, 0.25) is 0 Å². The number of carbonyl (C=O) groups is 1. The van der Waals surface area contributed by atoms with Gasteiger partial charge in [-0.25, -0.2) is 0 Å². The molecule has 1 saturated heterocycles. The molecule has 25 heavy (non-hydrogen) atoms. The minimum Gasteiger partial charge on any atom is -0.336 e. The van der Waals surface area contributed by atoms with E-state index in [1.807, 2.05) is 30.3 Å². The summed E-state index contributed by atoms with van der Waals surface area (Å²) in [6.07, 6.45) is -4.56. The number of alkyl halides is 3. The molecule has 134 valence electrons. The SMILES string of the molecule is Cn1nc(C(F)(F)F)cc1C(=O)N1C[C@@H](c2ccccc2)C(C)(C)C1. The molecule has 1 aliphatic heterocycles.